The van der Waals surface area contributed by atoms with E-state index < -0.39 is 0 Å². The SMILES string of the molecule is CNCC(=O)NC(CCc1ccccc1)c1ccccc1.Cl. The first-order valence-electron chi connectivity index (χ1n) is 7.32. The molecule has 2 aromatic rings. The molecule has 0 aliphatic carbocycles. The lowest BCUT2D eigenvalue weighted by atomic mass is 9.99. The molecule has 0 bridgehead atoms. The first-order valence-corrected chi connectivity index (χ1v) is 7.32. The van der Waals surface area contributed by atoms with Crippen molar-refractivity contribution in [1.82, 2.24) is 10.6 Å². The second-order valence-electron chi connectivity index (χ2n) is 5.09. The number of carbonyl (C=O) groups excluding carboxylic acids is 1. The predicted molar refractivity (Wildman–Crippen MR) is 93.3 cm³/mol. The number of likely N-dealkylation sites (N-methyl/N-ethyl adjacent to an activating group) is 1. The van der Waals surface area contributed by atoms with E-state index in [0.29, 0.717) is 6.54 Å². The molecule has 0 fully saturated rings. The van der Waals surface area contributed by atoms with Gasteiger partial charge in [0.15, 0.2) is 0 Å². The van der Waals surface area contributed by atoms with Gasteiger partial charge in [0.05, 0.1) is 12.6 Å². The van der Waals surface area contributed by atoms with Gasteiger partial charge in [0.25, 0.3) is 0 Å². The number of benzene rings is 2. The molecule has 0 saturated carbocycles. The molecule has 0 aromatic heterocycles. The second kappa shape index (κ2) is 9.98. The zero-order valence-electron chi connectivity index (χ0n) is 12.8. The van der Waals surface area contributed by atoms with Gasteiger partial charge in [0, 0.05) is 0 Å². The van der Waals surface area contributed by atoms with Gasteiger partial charge in [-0.15, -0.1) is 12.4 Å². The monoisotopic (exact) mass is 318 g/mol. The molecule has 1 unspecified atom stereocenters. The van der Waals surface area contributed by atoms with Crippen molar-refractivity contribution < 1.29 is 4.79 Å². The molecule has 0 heterocycles. The van der Waals surface area contributed by atoms with Crippen molar-refractivity contribution in [3.8, 4) is 0 Å². The van der Waals surface area contributed by atoms with Gasteiger partial charge in [-0.3, -0.25) is 4.79 Å². The molecule has 0 spiro atoms. The molecule has 1 atom stereocenters. The highest BCUT2D eigenvalue weighted by Crippen LogP contribution is 2.19. The summed E-state index contributed by atoms with van der Waals surface area (Å²) in [5, 5.41) is 5.99. The normalized spacial score (nSPS) is 11.3. The van der Waals surface area contributed by atoms with Crippen LogP contribution in [0.1, 0.15) is 23.6 Å². The summed E-state index contributed by atoms with van der Waals surface area (Å²) in [6, 6.07) is 20.6. The van der Waals surface area contributed by atoms with Crippen molar-refractivity contribution in [2.24, 2.45) is 0 Å². The Kier molecular flexibility index (Phi) is 8.26. The Morgan fingerprint density at radius 3 is 2.18 bits per heavy atom. The molecule has 0 saturated heterocycles. The summed E-state index contributed by atoms with van der Waals surface area (Å²) in [5.74, 6) is 0.0272. The average Bonchev–Trinajstić information content (AvgIpc) is 2.53. The van der Waals surface area contributed by atoms with Crippen molar-refractivity contribution in [3.63, 3.8) is 0 Å². The summed E-state index contributed by atoms with van der Waals surface area (Å²) < 4.78 is 0. The first-order chi connectivity index (χ1) is 10.3. The average molecular weight is 319 g/mol. The van der Waals surface area contributed by atoms with E-state index in [1.165, 1.54) is 5.56 Å². The van der Waals surface area contributed by atoms with Crippen LogP contribution in [0, 0.1) is 0 Å². The van der Waals surface area contributed by atoms with Crippen LogP contribution in [0.3, 0.4) is 0 Å². The van der Waals surface area contributed by atoms with Crippen LogP contribution in [0.2, 0.25) is 0 Å². The molecule has 2 rings (SSSR count). The van der Waals surface area contributed by atoms with E-state index >= 15 is 0 Å². The Hall–Kier alpha value is -1.84. The topological polar surface area (TPSA) is 41.1 Å². The lowest BCUT2D eigenvalue weighted by molar-refractivity contribution is -0.120. The van der Waals surface area contributed by atoms with E-state index in [4.69, 9.17) is 0 Å². The van der Waals surface area contributed by atoms with Gasteiger partial charge in [0.1, 0.15) is 0 Å². The van der Waals surface area contributed by atoms with E-state index in [-0.39, 0.29) is 24.4 Å². The van der Waals surface area contributed by atoms with Crippen molar-refractivity contribution in [2.45, 2.75) is 18.9 Å². The van der Waals surface area contributed by atoms with Gasteiger partial charge in [-0.1, -0.05) is 60.7 Å². The first kappa shape index (κ1) is 18.2. The van der Waals surface area contributed by atoms with Crippen LogP contribution in [-0.2, 0) is 11.2 Å². The number of nitrogens with one attached hydrogen (secondary N) is 2. The third-order valence-electron chi connectivity index (χ3n) is 3.44. The minimum absolute atomic E-state index is 0. The predicted octanol–water partition coefficient (Wildman–Crippen LogP) is 3.12. The van der Waals surface area contributed by atoms with Crippen molar-refractivity contribution in [3.05, 3.63) is 71.8 Å². The summed E-state index contributed by atoms with van der Waals surface area (Å²) in [6.07, 6.45) is 1.84. The Bertz CT molecular complexity index is 546. The van der Waals surface area contributed by atoms with Gasteiger partial charge < -0.3 is 10.6 Å². The van der Waals surface area contributed by atoms with Crippen LogP contribution < -0.4 is 10.6 Å². The number of hydrogen-bond donors (Lipinski definition) is 2. The number of amides is 1. The number of halogens is 1. The fourth-order valence-electron chi connectivity index (χ4n) is 2.37. The molecule has 2 aromatic carbocycles. The minimum atomic E-state index is 0. The maximum atomic E-state index is 11.9. The van der Waals surface area contributed by atoms with E-state index in [1.54, 1.807) is 7.05 Å². The quantitative estimate of drug-likeness (QED) is 0.823. The highest BCUT2D eigenvalue weighted by atomic mass is 35.5. The molecular formula is C18H23ClN2O. The third-order valence-corrected chi connectivity index (χ3v) is 3.44. The number of rotatable bonds is 7. The van der Waals surface area contributed by atoms with Gasteiger partial charge in [0.2, 0.25) is 5.91 Å². The lowest BCUT2D eigenvalue weighted by Gasteiger charge is -2.19. The highest BCUT2D eigenvalue weighted by Gasteiger charge is 2.13. The molecule has 3 nitrogen and oxygen atoms in total. The van der Waals surface area contributed by atoms with Gasteiger partial charge in [-0.2, -0.15) is 0 Å². The van der Waals surface area contributed by atoms with Gasteiger partial charge >= 0.3 is 0 Å². The second-order valence-corrected chi connectivity index (χ2v) is 5.09. The van der Waals surface area contributed by atoms with E-state index in [1.807, 2.05) is 36.4 Å². The van der Waals surface area contributed by atoms with Crippen LogP contribution in [0.15, 0.2) is 60.7 Å². The maximum absolute atomic E-state index is 11.9. The van der Waals surface area contributed by atoms with Crippen molar-refractivity contribution in [2.75, 3.05) is 13.6 Å². The van der Waals surface area contributed by atoms with E-state index in [0.717, 1.165) is 18.4 Å². The number of aryl methyl sites for hydroxylation is 1. The third kappa shape index (κ3) is 5.88. The van der Waals surface area contributed by atoms with Crippen molar-refractivity contribution >= 4 is 18.3 Å². The summed E-state index contributed by atoms with van der Waals surface area (Å²) in [5.41, 5.74) is 2.44. The lowest BCUT2D eigenvalue weighted by Crippen LogP contribution is -2.35. The van der Waals surface area contributed by atoms with Gasteiger partial charge in [-0.25, -0.2) is 0 Å². The van der Waals surface area contributed by atoms with Crippen LogP contribution in [0.25, 0.3) is 0 Å². The zero-order chi connectivity index (χ0) is 14.9. The van der Waals surface area contributed by atoms with Crippen LogP contribution in [0.4, 0.5) is 0 Å². The van der Waals surface area contributed by atoms with Crippen LogP contribution in [0.5, 0.6) is 0 Å². The van der Waals surface area contributed by atoms with Crippen molar-refractivity contribution in [1.29, 1.82) is 0 Å². The number of carbonyl (C=O) groups is 1. The summed E-state index contributed by atoms with van der Waals surface area (Å²) >= 11 is 0. The minimum Gasteiger partial charge on any atom is -0.348 e. The standard InChI is InChI=1S/C18H22N2O.ClH/c1-19-14-18(21)20-17(16-10-6-3-7-11-16)13-12-15-8-4-2-5-9-15;/h2-11,17,19H,12-14H2,1H3,(H,20,21);1H. The molecule has 22 heavy (non-hydrogen) atoms. The molecule has 4 heteroatoms. The Morgan fingerprint density at radius 2 is 1.59 bits per heavy atom. The molecule has 0 radical (unpaired) electrons. The zero-order valence-corrected chi connectivity index (χ0v) is 13.6. The fourth-order valence-corrected chi connectivity index (χ4v) is 2.37. The van der Waals surface area contributed by atoms with Crippen LogP contribution in [-0.4, -0.2) is 19.5 Å². The summed E-state index contributed by atoms with van der Waals surface area (Å²) in [4.78, 5) is 11.9. The Morgan fingerprint density at radius 1 is 1.00 bits per heavy atom. The molecule has 0 aliphatic rings. The Balaban J connectivity index is 0.00000242. The van der Waals surface area contributed by atoms with E-state index in [2.05, 4.69) is 34.9 Å². The molecule has 0 aliphatic heterocycles. The van der Waals surface area contributed by atoms with E-state index in [9.17, 15) is 4.79 Å². The molecular weight excluding hydrogens is 296 g/mol. The largest absolute Gasteiger partial charge is 0.348 e. The Labute approximate surface area is 138 Å². The summed E-state index contributed by atoms with van der Waals surface area (Å²) in [6.45, 7) is 0.342. The highest BCUT2D eigenvalue weighted by molar-refractivity contribution is 5.85. The van der Waals surface area contributed by atoms with Crippen LogP contribution >= 0.6 is 12.4 Å². The smallest absolute Gasteiger partial charge is 0.234 e. The fraction of sp³-hybridized carbons (Fsp3) is 0.278. The molecule has 1 amide bonds. The summed E-state index contributed by atoms with van der Waals surface area (Å²) in [7, 11) is 1.78. The van der Waals surface area contributed by atoms with Gasteiger partial charge in [-0.05, 0) is 31.0 Å². The molecule has 2 N–H and O–H groups in total. The number of hydrogen-bond acceptors (Lipinski definition) is 2. The molecule has 118 valence electrons. The maximum Gasteiger partial charge on any atom is 0.234 e.